The van der Waals surface area contributed by atoms with Crippen molar-refractivity contribution in [1.29, 1.82) is 0 Å². The van der Waals surface area contributed by atoms with Crippen molar-refractivity contribution >= 4 is 17.9 Å². The highest BCUT2D eigenvalue weighted by Gasteiger charge is 2.37. The van der Waals surface area contributed by atoms with Crippen LogP contribution < -0.4 is 9.80 Å². The quantitative estimate of drug-likeness (QED) is 0.840. The van der Waals surface area contributed by atoms with E-state index in [0.29, 0.717) is 6.67 Å². The van der Waals surface area contributed by atoms with Crippen LogP contribution in [0.4, 0.5) is 18.9 Å². The third-order valence-corrected chi connectivity index (χ3v) is 4.74. The summed E-state index contributed by atoms with van der Waals surface area (Å²) in [4.78, 5) is 3.45. The Morgan fingerprint density at radius 2 is 1.79 bits per heavy atom. The fourth-order valence-electron chi connectivity index (χ4n) is 2.93. The topological polar surface area (TPSA) is 30.4 Å². The Balaban J connectivity index is 1.66. The number of quaternary nitrogens is 1. The molecule has 0 aliphatic carbocycles. The maximum Gasteiger partial charge on any atom is 0.451 e. The molecule has 2 aromatic rings. The van der Waals surface area contributed by atoms with Crippen LogP contribution in [0.5, 0.6) is 0 Å². The smallest absolute Gasteiger partial charge is 0.360 e. The lowest BCUT2D eigenvalue weighted by atomic mass is 10.2. The minimum atomic E-state index is -4.49. The van der Waals surface area contributed by atoms with Crippen LogP contribution in [-0.2, 0) is 19.9 Å². The Hall–Kier alpha value is -1.87. The van der Waals surface area contributed by atoms with Crippen molar-refractivity contribution in [1.82, 2.24) is 14.3 Å². The third kappa shape index (κ3) is 3.46. The van der Waals surface area contributed by atoms with Crippen molar-refractivity contribution in [3.8, 4) is 0 Å². The van der Waals surface area contributed by atoms with Gasteiger partial charge in [-0.15, -0.1) is 5.10 Å². The molecule has 0 amide bonds. The van der Waals surface area contributed by atoms with Crippen molar-refractivity contribution in [3.63, 3.8) is 0 Å². The molecule has 1 N–H and O–H groups in total. The van der Waals surface area contributed by atoms with Crippen molar-refractivity contribution in [2.45, 2.75) is 12.8 Å². The van der Waals surface area contributed by atoms with Gasteiger partial charge < -0.3 is 9.80 Å². The monoisotopic (exact) mass is 358 g/mol. The summed E-state index contributed by atoms with van der Waals surface area (Å²) in [6, 6.07) is 10.1. The highest BCUT2D eigenvalue weighted by Crippen LogP contribution is 2.27. The first kappa shape index (κ1) is 17.0. The molecule has 24 heavy (non-hydrogen) atoms. The van der Waals surface area contributed by atoms with Gasteiger partial charge in [0.05, 0.1) is 26.2 Å². The average Bonchev–Trinajstić information content (AvgIpc) is 2.85. The molecule has 9 heteroatoms. The van der Waals surface area contributed by atoms with Gasteiger partial charge >= 0.3 is 6.18 Å². The van der Waals surface area contributed by atoms with E-state index >= 15 is 0 Å². The van der Waals surface area contributed by atoms with Crippen LogP contribution in [0, 0.1) is 4.77 Å². The number of anilines is 1. The van der Waals surface area contributed by atoms with Gasteiger partial charge in [0.2, 0.25) is 10.6 Å². The Morgan fingerprint density at radius 3 is 2.33 bits per heavy atom. The fraction of sp³-hybridized carbons (Fsp3) is 0.467. The normalized spacial score (nSPS) is 16.6. The van der Waals surface area contributed by atoms with Crippen molar-refractivity contribution in [2.24, 2.45) is 7.05 Å². The van der Waals surface area contributed by atoms with Crippen molar-refractivity contribution < 1.29 is 18.1 Å². The molecule has 1 aromatic heterocycles. The van der Waals surface area contributed by atoms with E-state index in [1.807, 2.05) is 18.2 Å². The molecule has 0 radical (unpaired) electrons. The molecule has 1 fully saturated rings. The van der Waals surface area contributed by atoms with Crippen LogP contribution >= 0.6 is 12.2 Å². The van der Waals surface area contributed by atoms with Gasteiger partial charge in [0.1, 0.15) is 0 Å². The zero-order valence-electron chi connectivity index (χ0n) is 13.3. The minimum Gasteiger partial charge on any atom is -0.360 e. The summed E-state index contributed by atoms with van der Waals surface area (Å²) in [6.45, 7) is 3.71. The largest absolute Gasteiger partial charge is 0.451 e. The molecular weight excluding hydrogens is 339 g/mol. The van der Waals surface area contributed by atoms with Gasteiger partial charge in [0.15, 0.2) is 6.67 Å². The van der Waals surface area contributed by atoms with E-state index in [9.17, 15) is 13.2 Å². The number of rotatable bonds is 3. The highest BCUT2D eigenvalue weighted by atomic mass is 32.1. The Bertz CT molecular complexity index is 745. The molecule has 1 aliphatic rings. The molecule has 3 rings (SSSR count). The van der Waals surface area contributed by atoms with E-state index in [1.165, 1.54) is 22.3 Å². The van der Waals surface area contributed by atoms with Gasteiger partial charge in [0.25, 0.3) is 0 Å². The van der Waals surface area contributed by atoms with Gasteiger partial charge in [0, 0.05) is 12.7 Å². The second kappa shape index (κ2) is 6.56. The average molecular weight is 358 g/mol. The SMILES string of the molecule is Cn1c(C(F)(F)F)nn(C[NH+]2CCN(c3ccccc3)CC2)c1=S. The Morgan fingerprint density at radius 1 is 1.17 bits per heavy atom. The van der Waals surface area contributed by atoms with Gasteiger partial charge in [-0.2, -0.15) is 17.9 Å². The van der Waals surface area contributed by atoms with E-state index in [-0.39, 0.29) is 4.77 Å². The number of para-hydroxylation sites is 1. The van der Waals surface area contributed by atoms with Crippen LogP contribution in [0.3, 0.4) is 0 Å². The van der Waals surface area contributed by atoms with Gasteiger partial charge in [-0.3, -0.25) is 4.57 Å². The number of hydrogen-bond acceptors (Lipinski definition) is 3. The molecule has 1 aliphatic heterocycles. The van der Waals surface area contributed by atoms with Crippen molar-refractivity contribution in [2.75, 3.05) is 31.1 Å². The van der Waals surface area contributed by atoms with E-state index < -0.39 is 12.0 Å². The molecule has 2 heterocycles. The predicted octanol–water partition coefficient (Wildman–Crippen LogP) is 1.33. The molecule has 0 atom stereocenters. The zero-order valence-corrected chi connectivity index (χ0v) is 14.1. The molecular formula is C15H19F3N5S+. The lowest BCUT2D eigenvalue weighted by molar-refractivity contribution is -0.924. The summed E-state index contributed by atoms with van der Waals surface area (Å²) in [5, 5.41) is 3.67. The predicted molar refractivity (Wildman–Crippen MR) is 86.4 cm³/mol. The van der Waals surface area contributed by atoms with E-state index in [4.69, 9.17) is 12.2 Å². The number of nitrogens with one attached hydrogen (secondary N) is 1. The first-order chi connectivity index (χ1) is 11.4. The van der Waals surface area contributed by atoms with Crippen LogP contribution in [-0.4, -0.2) is 40.5 Å². The summed E-state index contributed by atoms with van der Waals surface area (Å²) in [5.41, 5.74) is 1.17. The number of hydrogen-bond donors (Lipinski definition) is 1. The summed E-state index contributed by atoms with van der Waals surface area (Å²) in [5.74, 6) is -0.949. The number of alkyl halides is 3. The lowest BCUT2D eigenvalue weighted by Gasteiger charge is -2.33. The van der Waals surface area contributed by atoms with Crippen LogP contribution in [0.15, 0.2) is 30.3 Å². The molecule has 1 saturated heterocycles. The standard InChI is InChI=1S/C15H18F3N5S/c1-20-13(15(16,17)18)19-23(14(20)24)11-21-7-9-22(10-8-21)12-5-3-2-4-6-12/h2-6H,7-11H2,1H3/p+1. The van der Waals surface area contributed by atoms with Gasteiger partial charge in [-0.25, -0.2) is 0 Å². The highest BCUT2D eigenvalue weighted by molar-refractivity contribution is 7.71. The molecule has 1 aromatic carbocycles. The van der Waals surface area contributed by atoms with E-state index in [0.717, 1.165) is 30.7 Å². The summed E-state index contributed by atoms with van der Waals surface area (Å²) in [7, 11) is 1.30. The van der Waals surface area contributed by atoms with Gasteiger partial charge in [-0.1, -0.05) is 18.2 Å². The maximum atomic E-state index is 12.9. The second-order valence-electron chi connectivity index (χ2n) is 5.89. The maximum absolute atomic E-state index is 12.9. The molecule has 0 bridgehead atoms. The Labute approximate surface area is 142 Å². The molecule has 5 nitrogen and oxygen atoms in total. The number of benzene rings is 1. The van der Waals surface area contributed by atoms with Crippen molar-refractivity contribution in [3.05, 3.63) is 40.9 Å². The molecule has 0 unspecified atom stereocenters. The number of piperazine rings is 1. The molecule has 130 valence electrons. The van der Waals surface area contributed by atoms with E-state index in [2.05, 4.69) is 22.1 Å². The Kier molecular flexibility index (Phi) is 4.64. The molecule has 0 spiro atoms. The number of halogens is 3. The summed E-state index contributed by atoms with van der Waals surface area (Å²) >= 11 is 5.09. The third-order valence-electron chi connectivity index (χ3n) is 4.26. The van der Waals surface area contributed by atoms with Crippen LogP contribution in [0.2, 0.25) is 0 Å². The minimum absolute atomic E-state index is 0.0975. The summed E-state index contributed by atoms with van der Waals surface area (Å²) < 4.78 is 41.0. The van der Waals surface area contributed by atoms with Crippen LogP contribution in [0.25, 0.3) is 0 Å². The molecule has 0 saturated carbocycles. The first-order valence-electron chi connectivity index (χ1n) is 7.71. The second-order valence-corrected chi connectivity index (χ2v) is 6.26. The first-order valence-corrected chi connectivity index (χ1v) is 8.11. The van der Waals surface area contributed by atoms with Crippen LogP contribution in [0.1, 0.15) is 5.82 Å². The van der Waals surface area contributed by atoms with Gasteiger partial charge in [-0.05, 0) is 24.4 Å². The fourth-order valence-corrected chi connectivity index (χ4v) is 3.12. The zero-order chi connectivity index (χ0) is 17.3. The lowest BCUT2D eigenvalue weighted by Crippen LogP contribution is -3.14. The summed E-state index contributed by atoms with van der Waals surface area (Å²) in [6.07, 6.45) is -4.49. The van der Waals surface area contributed by atoms with E-state index in [1.54, 1.807) is 0 Å². The number of nitrogens with zero attached hydrogens (tertiary/aromatic N) is 4. The number of aromatic nitrogens is 3.